The van der Waals surface area contributed by atoms with Gasteiger partial charge in [0.1, 0.15) is 6.54 Å². The van der Waals surface area contributed by atoms with Crippen molar-refractivity contribution in [3.05, 3.63) is 68.2 Å². The van der Waals surface area contributed by atoms with Crippen molar-refractivity contribution in [3.8, 4) is 0 Å². The number of anilines is 1. The summed E-state index contributed by atoms with van der Waals surface area (Å²) in [7, 11) is 0. The Labute approximate surface area is 149 Å². The van der Waals surface area contributed by atoms with Crippen molar-refractivity contribution in [2.75, 3.05) is 11.9 Å². The van der Waals surface area contributed by atoms with E-state index in [2.05, 4.69) is 21.2 Å². The molecule has 0 spiro atoms. The highest BCUT2D eigenvalue weighted by Gasteiger charge is 2.37. The van der Waals surface area contributed by atoms with Crippen LogP contribution in [0.25, 0.3) is 0 Å². The van der Waals surface area contributed by atoms with Crippen LogP contribution in [0.5, 0.6) is 0 Å². The van der Waals surface area contributed by atoms with Crippen LogP contribution in [0.3, 0.4) is 0 Å². The predicted molar refractivity (Wildman–Crippen MR) is 91.2 cm³/mol. The number of non-ortho nitro benzene ring substituents is 1. The third-order valence-corrected chi connectivity index (χ3v) is 4.12. The zero-order valence-corrected chi connectivity index (χ0v) is 14.1. The van der Waals surface area contributed by atoms with E-state index in [1.807, 2.05) is 0 Å². The van der Waals surface area contributed by atoms with Gasteiger partial charge in [0.25, 0.3) is 17.5 Å². The van der Waals surface area contributed by atoms with Gasteiger partial charge < -0.3 is 5.32 Å². The van der Waals surface area contributed by atoms with Gasteiger partial charge in [-0.15, -0.1) is 0 Å². The first-order chi connectivity index (χ1) is 11.9. The molecule has 8 nitrogen and oxygen atoms in total. The fourth-order valence-electron chi connectivity index (χ4n) is 2.41. The topological polar surface area (TPSA) is 110 Å². The normalized spacial score (nSPS) is 12.9. The molecule has 1 aliphatic heterocycles. The second kappa shape index (κ2) is 6.44. The number of carbonyl (C=O) groups is 3. The molecular weight excluding hydrogens is 394 g/mol. The molecule has 1 aliphatic rings. The van der Waals surface area contributed by atoms with E-state index in [1.165, 1.54) is 6.07 Å². The molecule has 0 bridgehead atoms. The van der Waals surface area contributed by atoms with Crippen LogP contribution in [0.1, 0.15) is 20.7 Å². The van der Waals surface area contributed by atoms with E-state index in [9.17, 15) is 24.5 Å². The first kappa shape index (κ1) is 16.8. The van der Waals surface area contributed by atoms with Crippen LogP contribution in [0.4, 0.5) is 11.4 Å². The highest BCUT2D eigenvalue weighted by molar-refractivity contribution is 9.10. The number of halogens is 1. The van der Waals surface area contributed by atoms with Crippen molar-refractivity contribution in [3.63, 3.8) is 0 Å². The summed E-state index contributed by atoms with van der Waals surface area (Å²) in [5.41, 5.74) is 0.198. The maximum atomic E-state index is 12.3. The average molecular weight is 404 g/mol. The molecule has 3 rings (SSSR count). The Kier molecular flexibility index (Phi) is 4.32. The standard InChI is InChI=1S/C16H10BrN3O5/c17-9-1-3-10(4-2-9)18-14(21)8-19-15(22)12-6-5-11(20(24)25)7-13(12)16(19)23/h1-7H,8H2,(H,18,21). The van der Waals surface area contributed by atoms with Crippen LogP contribution >= 0.6 is 15.9 Å². The van der Waals surface area contributed by atoms with Crippen LogP contribution in [-0.4, -0.2) is 34.1 Å². The van der Waals surface area contributed by atoms with Gasteiger partial charge >= 0.3 is 0 Å². The molecule has 0 atom stereocenters. The van der Waals surface area contributed by atoms with Crippen molar-refractivity contribution >= 4 is 45.0 Å². The van der Waals surface area contributed by atoms with Gasteiger partial charge in [0.05, 0.1) is 16.1 Å². The van der Waals surface area contributed by atoms with E-state index in [0.29, 0.717) is 5.69 Å². The Bertz CT molecular complexity index is 910. The van der Waals surface area contributed by atoms with Gasteiger partial charge in [-0.2, -0.15) is 0 Å². The minimum Gasteiger partial charge on any atom is -0.325 e. The third-order valence-electron chi connectivity index (χ3n) is 3.59. The van der Waals surface area contributed by atoms with Crippen molar-refractivity contribution in [2.24, 2.45) is 0 Å². The number of hydrogen-bond donors (Lipinski definition) is 1. The average Bonchev–Trinajstić information content (AvgIpc) is 2.81. The van der Waals surface area contributed by atoms with Gasteiger partial charge in [-0.1, -0.05) is 15.9 Å². The number of amides is 3. The molecular formula is C16H10BrN3O5. The lowest BCUT2D eigenvalue weighted by atomic mass is 10.1. The Balaban J connectivity index is 1.76. The maximum absolute atomic E-state index is 12.3. The number of fused-ring (bicyclic) bond motifs is 1. The highest BCUT2D eigenvalue weighted by Crippen LogP contribution is 2.26. The molecule has 0 saturated heterocycles. The summed E-state index contributed by atoms with van der Waals surface area (Å²) in [5, 5.41) is 13.4. The number of nitrogens with zero attached hydrogens (tertiary/aromatic N) is 2. The Morgan fingerprint density at radius 3 is 2.36 bits per heavy atom. The van der Waals surface area contributed by atoms with Gasteiger partial charge in [-0.3, -0.25) is 29.4 Å². The molecule has 0 saturated carbocycles. The Morgan fingerprint density at radius 1 is 1.08 bits per heavy atom. The van der Waals surface area contributed by atoms with Crippen LogP contribution in [0.2, 0.25) is 0 Å². The zero-order chi connectivity index (χ0) is 18.1. The lowest BCUT2D eigenvalue weighted by Gasteiger charge is -2.13. The number of nitro benzene ring substituents is 1. The molecule has 9 heteroatoms. The Hall–Kier alpha value is -3.07. The molecule has 0 aliphatic carbocycles. The first-order valence-electron chi connectivity index (χ1n) is 7.07. The van der Waals surface area contributed by atoms with Gasteiger partial charge in [0.15, 0.2) is 0 Å². The smallest absolute Gasteiger partial charge is 0.270 e. The molecule has 2 aromatic rings. The van der Waals surface area contributed by atoms with Crippen LogP contribution in [0, 0.1) is 10.1 Å². The molecule has 2 aromatic carbocycles. The third kappa shape index (κ3) is 3.26. The van der Waals surface area contributed by atoms with Crippen LogP contribution in [-0.2, 0) is 4.79 Å². The van der Waals surface area contributed by atoms with Crippen LogP contribution in [0.15, 0.2) is 46.9 Å². The van der Waals surface area contributed by atoms with E-state index in [0.717, 1.165) is 21.5 Å². The second-order valence-corrected chi connectivity index (χ2v) is 6.15. The van der Waals surface area contributed by atoms with Crippen molar-refractivity contribution in [1.29, 1.82) is 0 Å². The van der Waals surface area contributed by atoms with E-state index in [1.54, 1.807) is 24.3 Å². The van der Waals surface area contributed by atoms with Crippen molar-refractivity contribution in [1.82, 2.24) is 4.90 Å². The number of nitro groups is 1. The van der Waals surface area contributed by atoms with Gasteiger partial charge in [-0.25, -0.2) is 0 Å². The summed E-state index contributed by atoms with van der Waals surface area (Å²) in [6.45, 7) is -0.476. The SMILES string of the molecule is O=C(CN1C(=O)c2ccc([N+](=O)[O-])cc2C1=O)Nc1ccc(Br)cc1. The van der Waals surface area contributed by atoms with E-state index < -0.39 is 29.2 Å². The number of hydrogen-bond acceptors (Lipinski definition) is 5. The number of rotatable bonds is 4. The van der Waals surface area contributed by atoms with E-state index in [-0.39, 0.29) is 16.8 Å². The molecule has 126 valence electrons. The molecule has 0 aromatic heterocycles. The van der Waals surface area contributed by atoms with Crippen molar-refractivity contribution in [2.45, 2.75) is 0 Å². The van der Waals surface area contributed by atoms with Gasteiger partial charge in [0.2, 0.25) is 5.91 Å². The fourth-order valence-corrected chi connectivity index (χ4v) is 2.68. The van der Waals surface area contributed by atoms with Gasteiger partial charge in [-0.05, 0) is 30.3 Å². The minimum absolute atomic E-state index is 0.0482. The molecule has 3 amide bonds. The molecule has 0 unspecified atom stereocenters. The number of nitrogens with one attached hydrogen (secondary N) is 1. The minimum atomic E-state index is -0.727. The Morgan fingerprint density at radius 2 is 1.72 bits per heavy atom. The van der Waals surface area contributed by atoms with Gasteiger partial charge in [0, 0.05) is 22.3 Å². The largest absolute Gasteiger partial charge is 0.325 e. The summed E-state index contributed by atoms with van der Waals surface area (Å²) in [4.78, 5) is 47.6. The quantitative estimate of drug-likeness (QED) is 0.479. The number of benzene rings is 2. The molecule has 0 fully saturated rings. The van der Waals surface area contributed by atoms with E-state index >= 15 is 0 Å². The summed E-state index contributed by atoms with van der Waals surface area (Å²) in [6.07, 6.45) is 0. The summed E-state index contributed by atoms with van der Waals surface area (Å²) >= 11 is 3.27. The molecule has 0 radical (unpaired) electrons. The summed E-state index contributed by atoms with van der Waals surface area (Å²) < 4.78 is 0.840. The second-order valence-electron chi connectivity index (χ2n) is 5.24. The lowest BCUT2D eigenvalue weighted by molar-refractivity contribution is -0.384. The van der Waals surface area contributed by atoms with Crippen molar-refractivity contribution < 1.29 is 19.3 Å². The van der Waals surface area contributed by atoms with Crippen LogP contribution < -0.4 is 5.32 Å². The molecule has 1 heterocycles. The lowest BCUT2D eigenvalue weighted by Crippen LogP contribution is -2.37. The zero-order valence-electron chi connectivity index (χ0n) is 12.6. The predicted octanol–water partition coefficient (Wildman–Crippen LogP) is 2.59. The van der Waals surface area contributed by atoms with E-state index in [4.69, 9.17) is 0 Å². The monoisotopic (exact) mass is 403 g/mol. The molecule has 25 heavy (non-hydrogen) atoms. The summed E-state index contributed by atoms with van der Waals surface area (Å²) in [5.74, 6) is -1.93. The maximum Gasteiger partial charge on any atom is 0.270 e. The first-order valence-corrected chi connectivity index (χ1v) is 7.86. The number of carbonyl (C=O) groups excluding carboxylic acids is 3. The molecule has 1 N–H and O–H groups in total. The fraction of sp³-hybridized carbons (Fsp3) is 0.0625. The summed E-state index contributed by atoms with van der Waals surface area (Å²) in [6, 6.07) is 10.2. The number of imide groups is 1. The highest BCUT2D eigenvalue weighted by atomic mass is 79.9.